The molecule has 0 amide bonds. The van der Waals surface area contributed by atoms with Crippen molar-refractivity contribution >= 4 is 37.5 Å². The highest BCUT2D eigenvalue weighted by atomic mass is 79.9. The van der Waals surface area contributed by atoms with Crippen LogP contribution in [-0.4, -0.2) is 31.1 Å². The first kappa shape index (κ1) is 16.0. The summed E-state index contributed by atoms with van der Waals surface area (Å²) in [7, 11) is 0. The Balaban J connectivity index is 2.31. The Morgan fingerprint density at radius 1 is 1.35 bits per heavy atom. The number of rotatable bonds is 5. The number of nitrogens with zero attached hydrogens (tertiary/aromatic N) is 1. The molecule has 1 atom stereocenters. The van der Waals surface area contributed by atoms with E-state index in [0.29, 0.717) is 6.04 Å². The molecule has 1 fully saturated rings. The lowest BCUT2D eigenvalue weighted by atomic mass is 9.98. The molecule has 0 spiro atoms. The van der Waals surface area contributed by atoms with Crippen molar-refractivity contribution in [3.8, 4) is 0 Å². The number of hydrogen-bond acceptors (Lipinski definition) is 3. The van der Waals surface area contributed by atoms with Gasteiger partial charge in [0, 0.05) is 41.2 Å². The van der Waals surface area contributed by atoms with E-state index in [1.165, 1.54) is 5.56 Å². The standard InChI is InChI=1S/C15H21Br2N3/c1-2-3-4-14(20-7-5-19-6-8-20)12-9-11(16)10-13(17)15(12)18/h2,9-10,14,19H,1,3-8,18H2/t14-/m1/s1. The second-order valence-electron chi connectivity index (χ2n) is 5.06. The molecule has 5 heteroatoms. The molecule has 0 unspecified atom stereocenters. The second-order valence-corrected chi connectivity index (χ2v) is 6.83. The number of halogens is 2. The normalized spacial score (nSPS) is 17.9. The molecule has 0 saturated carbocycles. The summed E-state index contributed by atoms with van der Waals surface area (Å²) in [6, 6.07) is 4.50. The maximum atomic E-state index is 6.29. The SMILES string of the molecule is C=CCC[C@H](c1cc(Br)cc(Br)c1N)N1CCNCC1. The van der Waals surface area contributed by atoms with Crippen LogP contribution in [0.5, 0.6) is 0 Å². The van der Waals surface area contributed by atoms with Crippen molar-refractivity contribution in [2.75, 3.05) is 31.9 Å². The van der Waals surface area contributed by atoms with E-state index in [0.717, 1.165) is 53.7 Å². The zero-order chi connectivity index (χ0) is 14.5. The predicted octanol–water partition coefficient (Wildman–Crippen LogP) is 3.71. The van der Waals surface area contributed by atoms with Gasteiger partial charge in [-0.25, -0.2) is 0 Å². The van der Waals surface area contributed by atoms with Gasteiger partial charge >= 0.3 is 0 Å². The number of benzene rings is 1. The van der Waals surface area contributed by atoms with Gasteiger partial charge in [0.2, 0.25) is 0 Å². The summed E-state index contributed by atoms with van der Waals surface area (Å²) < 4.78 is 2.02. The maximum Gasteiger partial charge on any atom is 0.0507 e. The summed E-state index contributed by atoms with van der Waals surface area (Å²) in [6.45, 7) is 8.05. The van der Waals surface area contributed by atoms with Gasteiger partial charge < -0.3 is 11.1 Å². The Labute approximate surface area is 137 Å². The zero-order valence-corrected chi connectivity index (χ0v) is 14.7. The topological polar surface area (TPSA) is 41.3 Å². The lowest BCUT2D eigenvalue weighted by molar-refractivity contribution is 0.166. The molecule has 2 rings (SSSR count). The lowest BCUT2D eigenvalue weighted by Crippen LogP contribution is -2.45. The Hall–Kier alpha value is -0.360. The number of piperazine rings is 1. The van der Waals surface area contributed by atoms with Crippen LogP contribution in [0.3, 0.4) is 0 Å². The average Bonchev–Trinajstić information content (AvgIpc) is 2.45. The number of anilines is 1. The number of allylic oxidation sites excluding steroid dienone is 1. The molecule has 1 heterocycles. The number of hydrogen-bond donors (Lipinski definition) is 2. The van der Waals surface area contributed by atoms with Crippen LogP contribution in [0.15, 0.2) is 33.7 Å². The fourth-order valence-corrected chi connectivity index (χ4v) is 3.94. The Kier molecular flexibility index (Phi) is 6.08. The van der Waals surface area contributed by atoms with Crippen LogP contribution < -0.4 is 11.1 Å². The Morgan fingerprint density at radius 2 is 2.05 bits per heavy atom. The molecule has 1 aliphatic heterocycles. The van der Waals surface area contributed by atoms with Gasteiger partial charge in [-0.1, -0.05) is 22.0 Å². The quantitative estimate of drug-likeness (QED) is 0.582. The molecule has 1 saturated heterocycles. The largest absolute Gasteiger partial charge is 0.398 e. The highest BCUT2D eigenvalue weighted by Gasteiger charge is 2.24. The highest BCUT2D eigenvalue weighted by Crippen LogP contribution is 2.36. The molecule has 1 aliphatic rings. The van der Waals surface area contributed by atoms with Gasteiger partial charge in [-0.05, 0) is 46.5 Å². The Morgan fingerprint density at radius 3 is 2.70 bits per heavy atom. The highest BCUT2D eigenvalue weighted by molar-refractivity contribution is 9.11. The summed E-state index contributed by atoms with van der Waals surface area (Å²) >= 11 is 7.12. The maximum absolute atomic E-state index is 6.29. The van der Waals surface area contributed by atoms with E-state index in [9.17, 15) is 0 Å². The fraction of sp³-hybridized carbons (Fsp3) is 0.467. The van der Waals surface area contributed by atoms with E-state index in [-0.39, 0.29) is 0 Å². The van der Waals surface area contributed by atoms with E-state index in [1.54, 1.807) is 0 Å². The van der Waals surface area contributed by atoms with Gasteiger partial charge in [0.1, 0.15) is 0 Å². The second kappa shape index (κ2) is 7.59. The van der Waals surface area contributed by atoms with E-state index in [4.69, 9.17) is 5.73 Å². The summed E-state index contributed by atoms with van der Waals surface area (Å²) in [6.07, 6.45) is 4.03. The summed E-state index contributed by atoms with van der Waals surface area (Å²) in [5.74, 6) is 0. The van der Waals surface area contributed by atoms with Crippen LogP contribution in [0.1, 0.15) is 24.4 Å². The van der Waals surface area contributed by atoms with Gasteiger partial charge in [0.05, 0.1) is 5.69 Å². The van der Waals surface area contributed by atoms with Crippen molar-refractivity contribution in [1.29, 1.82) is 0 Å². The van der Waals surface area contributed by atoms with Crippen molar-refractivity contribution < 1.29 is 0 Å². The monoisotopic (exact) mass is 401 g/mol. The predicted molar refractivity (Wildman–Crippen MR) is 92.9 cm³/mol. The van der Waals surface area contributed by atoms with Crippen LogP contribution in [0, 0.1) is 0 Å². The Bertz CT molecular complexity index is 470. The van der Waals surface area contributed by atoms with Gasteiger partial charge in [-0.15, -0.1) is 6.58 Å². The minimum Gasteiger partial charge on any atom is -0.398 e. The summed E-state index contributed by atoms with van der Waals surface area (Å²) in [5, 5.41) is 3.40. The number of nitrogens with one attached hydrogen (secondary N) is 1. The molecule has 0 bridgehead atoms. The van der Waals surface area contributed by atoms with Crippen molar-refractivity contribution in [3.05, 3.63) is 39.3 Å². The smallest absolute Gasteiger partial charge is 0.0507 e. The van der Waals surface area contributed by atoms with Crippen LogP contribution in [-0.2, 0) is 0 Å². The third kappa shape index (κ3) is 3.85. The van der Waals surface area contributed by atoms with Crippen LogP contribution in [0.4, 0.5) is 5.69 Å². The van der Waals surface area contributed by atoms with E-state index in [1.807, 2.05) is 12.1 Å². The van der Waals surface area contributed by atoms with Crippen molar-refractivity contribution in [1.82, 2.24) is 10.2 Å². The molecule has 1 aromatic carbocycles. The zero-order valence-electron chi connectivity index (χ0n) is 11.5. The number of nitrogens with two attached hydrogens (primary N) is 1. The van der Waals surface area contributed by atoms with Crippen molar-refractivity contribution in [2.24, 2.45) is 0 Å². The van der Waals surface area contributed by atoms with Gasteiger partial charge in [-0.2, -0.15) is 0 Å². The van der Waals surface area contributed by atoms with Crippen LogP contribution >= 0.6 is 31.9 Å². The molecular weight excluding hydrogens is 382 g/mol. The van der Waals surface area contributed by atoms with E-state index in [2.05, 4.69) is 54.7 Å². The molecule has 3 nitrogen and oxygen atoms in total. The first-order valence-corrected chi connectivity index (χ1v) is 8.52. The molecule has 20 heavy (non-hydrogen) atoms. The average molecular weight is 403 g/mol. The molecule has 0 aromatic heterocycles. The molecule has 1 aromatic rings. The minimum atomic E-state index is 0.351. The molecular formula is C15H21Br2N3. The van der Waals surface area contributed by atoms with Gasteiger partial charge in [0.15, 0.2) is 0 Å². The van der Waals surface area contributed by atoms with Crippen LogP contribution in [0.25, 0.3) is 0 Å². The molecule has 0 radical (unpaired) electrons. The number of nitrogen functional groups attached to an aromatic ring is 1. The lowest BCUT2D eigenvalue weighted by Gasteiger charge is -2.36. The first-order chi connectivity index (χ1) is 9.63. The summed E-state index contributed by atoms with van der Waals surface area (Å²) in [4.78, 5) is 2.52. The van der Waals surface area contributed by atoms with E-state index >= 15 is 0 Å². The summed E-state index contributed by atoms with van der Waals surface area (Å²) in [5.41, 5.74) is 8.35. The molecule has 0 aliphatic carbocycles. The third-order valence-electron chi connectivity index (χ3n) is 3.72. The minimum absolute atomic E-state index is 0.351. The van der Waals surface area contributed by atoms with Crippen molar-refractivity contribution in [2.45, 2.75) is 18.9 Å². The third-order valence-corrected chi connectivity index (χ3v) is 4.84. The van der Waals surface area contributed by atoms with Crippen LogP contribution in [0.2, 0.25) is 0 Å². The van der Waals surface area contributed by atoms with Gasteiger partial charge in [0.25, 0.3) is 0 Å². The van der Waals surface area contributed by atoms with Gasteiger partial charge in [-0.3, -0.25) is 4.90 Å². The molecule has 110 valence electrons. The fourth-order valence-electron chi connectivity index (χ4n) is 2.68. The van der Waals surface area contributed by atoms with Crippen molar-refractivity contribution in [3.63, 3.8) is 0 Å². The van der Waals surface area contributed by atoms with E-state index < -0.39 is 0 Å². The first-order valence-electron chi connectivity index (χ1n) is 6.93. The molecule has 3 N–H and O–H groups in total.